The van der Waals surface area contributed by atoms with E-state index in [9.17, 15) is 18.0 Å². The molecule has 2 atom stereocenters. The van der Waals surface area contributed by atoms with Gasteiger partial charge in [0.15, 0.2) is 0 Å². The summed E-state index contributed by atoms with van der Waals surface area (Å²) in [4.78, 5) is 12.7. The van der Waals surface area contributed by atoms with Crippen molar-refractivity contribution in [1.29, 1.82) is 0 Å². The smallest absolute Gasteiger partial charge is 0.416 e. The maximum Gasteiger partial charge on any atom is 0.416 e. The Bertz CT molecular complexity index is 789. The second kappa shape index (κ2) is 7.40. The van der Waals surface area contributed by atoms with Crippen LogP contribution >= 0.6 is 0 Å². The number of hydrogen-bond donors (Lipinski definition) is 1. The number of hydrogen-bond acceptors (Lipinski definition) is 2. The lowest BCUT2D eigenvalue weighted by Crippen LogP contribution is -2.33. The van der Waals surface area contributed by atoms with Gasteiger partial charge in [-0.2, -0.15) is 13.2 Å². The summed E-state index contributed by atoms with van der Waals surface area (Å²) in [5.74, 6) is 0.000858. The van der Waals surface area contributed by atoms with Gasteiger partial charge < -0.3 is 10.1 Å². The molecule has 1 aliphatic rings. The quantitative estimate of drug-likeness (QED) is 0.826. The lowest BCUT2D eigenvalue weighted by molar-refractivity contribution is -0.137. The van der Waals surface area contributed by atoms with E-state index < -0.39 is 23.7 Å². The lowest BCUT2D eigenvalue weighted by atomic mass is 9.96. The van der Waals surface area contributed by atoms with Crippen molar-refractivity contribution in [2.24, 2.45) is 0 Å². The van der Waals surface area contributed by atoms with Crippen LogP contribution in [0.2, 0.25) is 0 Å². The summed E-state index contributed by atoms with van der Waals surface area (Å²) in [6.07, 6.45) is -3.11. The van der Waals surface area contributed by atoms with Gasteiger partial charge in [-0.15, -0.1) is 0 Å². The predicted molar refractivity (Wildman–Crippen MR) is 91.9 cm³/mol. The highest BCUT2D eigenvalue weighted by molar-refractivity contribution is 5.85. The van der Waals surface area contributed by atoms with Crippen LogP contribution < -0.4 is 10.1 Å². The molecule has 1 aliphatic heterocycles. The van der Waals surface area contributed by atoms with Gasteiger partial charge in [-0.3, -0.25) is 4.79 Å². The number of alkyl halides is 3. The van der Waals surface area contributed by atoms with Crippen molar-refractivity contribution >= 4 is 5.91 Å². The molecular formula is C20H20F3NO2. The number of ether oxygens (including phenoxy) is 1. The van der Waals surface area contributed by atoms with Crippen LogP contribution in [-0.4, -0.2) is 12.5 Å². The number of halogens is 3. The third-order valence-electron chi connectivity index (χ3n) is 4.53. The van der Waals surface area contributed by atoms with E-state index in [2.05, 4.69) is 5.32 Å². The van der Waals surface area contributed by atoms with Gasteiger partial charge in [-0.1, -0.05) is 43.7 Å². The van der Waals surface area contributed by atoms with Crippen molar-refractivity contribution in [3.8, 4) is 5.75 Å². The van der Waals surface area contributed by atoms with Crippen molar-refractivity contribution < 1.29 is 22.7 Å². The Morgan fingerprint density at radius 3 is 2.73 bits per heavy atom. The van der Waals surface area contributed by atoms with Gasteiger partial charge in [0.2, 0.25) is 5.91 Å². The van der Waals surface area contributed by atoms with Crippen molar-refractivity contribution in [3.05, 3.63) is 65.2 Å². The number of rotatable bonds is 5. The fraction of sp³-hybridized carbons (Fsp3) is 0.350. The Labute approximate surface area is 150 Å². The fourth-order valence-corrected chi connectivity index (χ4v) is 3.19. The minimum Gasteiger partial charge on any atom is -0.492 e. The molecule has 0 saturated heterocycles. The predicted octanol–water partition coefficient (Wildman–Crippen LogP) is 4.84. The van der Waals surface area contributed by atoms with Crippen molar-refractivity contribution in [1.82, 2.24) is 5.32 Å². The molecule has 2 unspecified atom stereocenters. The van der Waals surface area contributed by atoms with E-state index in [-0.39, 0.29) is 12.5 Å². The van der Waals surface area contributed by atoms with Crippen LogP contribution in [0.3, 0.4) is 0 Å². The average Bonchev–Trinajstić information content (AvgIpc) is 3.05. The minimum absolute atomic E-state index is 0.231. The molecule has 1 heterocycles. The van der Waals surface area contributed by atoms with Crippen LogP contribution in [0.25, 0.3) is 0 Å². The van der Waals surface area contributed by atoms with E-state index in [1.54, 1.807) is 12.1 Å². The molecule has 0 spiro atoms. The second-order valence-electron chi connectivity index (χ2n) is 6.37. The normalized spacial score (nSPS) is 17.3. The summed E-state index contributed by atoms with van der Waals surface area (Å²) >= 11 is 0. The highest BCUT2D eigenvalue weighted by Crippen LogP contribution is 2.35. The molecule has 2 aromatic carbocycles. The summed E-state index contributed by atoms with van der Waals surface area (Å²) < 4.78 is 44.5. The van der Waals surface area contributed by atoms with Gasteiger partial charge in [0.1, 0.15) is 18.3 Å². The highest BCUT2D eigenvalue weighted by atomic mass is 19.4. The topological polar surface area (TPSA) is 38.3 Å². The third-order valence-corrected chi connectivity index (χ3v) is 4.53. The molecule has 0 saturated carbocycles. The van der Waals surface area contributed by atoms with E-state index in [1.807, 2.05) is 25.1 Å². The first-order valence-corrected chi connectivity index (χ1v) is 8.59. The third kappa shape index (κ3) is 3.84. The van der Waals surface area contributed by atoms with Crippen LogP contribution in [0.5, 0.6) is 5.75 Å². The molecule has 1 N–H and O–H groups in total. The maximum absolute atomic E-state index is 13.0. The number of carbonyl (C=O) groups excluding carboxylic acids is 1. The lowest BCUT2D eigenvalue weighted by Gasteiger charge is -2.21. The zero-order valence-corrected chi connectivity index (χ0v) is 14.3. The van der Waals surface area contributed by atoms with Gasteiger partial charge in [0, 0.05) is 5.56 Å². The molecule has 0 radical (unpaired) electrons. The largest absolute Gasteiger partial charge is 0.492 e. The number of nitrogens with one attached hydrogen (secondary N) is 1. The summed E-state index contributed by atoms with van der Waals surface area (Å²) in [6, 6.07) is 12.0. The molecule has 2 aromatic rings. The molecular weight excluding hydrogens is 343 g/mol. The molecule has 0 bridgehead atoms. The van der Waals surface area contributed by atoms with Crippen LogP contribution in [0, 0.1) is 0 Å². The number of benzene rings is 2. The van der Waals surface area contributed by atoms with Crippen LogP contribution in [0.1, 0.15) is 48.4 Å². The molecule has 3 nitrogen and oxygen atoms in total. The van der Waals surface area contributed by atoms with Crippen LogP contribution in [-0.2, 0) is 11.0 Å². The Morgan fingerprint density at radius 1 is 1.23 bits per heavy atom. The van der Waals surface area contributed by atoms with Gasteiger partial charge >= 0.3 is 6.18 Å². The number of carbonyl (C=O) groups is 1. The summed E-state index contributed by atoms with van der Waals surface area (Å²) in [6.45, 7) is 2.17. The maximum atomic E-state index is 13.0. The number of fused-ring (bicyclic) bond motifs is 1. The van der Waals surface area contributed by atoms with Crippen molar-refractivity contribution in [3.63, 3.8) is 0 Å². The van der Waals surface area contributed by atoms with E-state index in [0.29, 0.717) is 17.7 Å². The first-order valence-electron chi connectivity index (χ1n) is 8.59. The van der Waals surface area contributed by atoms with E-state index in [0.717, 1.165) is 24.1 Å². The zero-order chi connectivity index (χ0) is 18.7. The van der Waals surface area contributed by atoms with Crippen molar-refractivity contribution in [2.45, 2.75) is 37.9 Å². The summed E-state index contributed by atoms with van der Waals surface area (Å²) in [5.41, 5.74) is 0.561. The van der Waals surface area contributed by atoms with E-state index >= 15 is 0 Å². The SMILES string of the molecule is CCCC(NC(=O)C1COc2ccccc21)c1cccc(C(F)(F)F)c1. The Morgan fingerprint density at radius 2 is 2.00 bits per heavy atom. The molecule has 138 valence electrons. The number of para-hydroxylation sites is 1. The monoisotopic (exact) mass is 363 g/mol. The van der Waals surface area contributed by atoms with Crippen LogP contribution in [0.15, 0.2) is 48.5 Å². The molecule has 0 aromatic heterocycles. The highest BCUT2D eigenvalue weighted by Gasteiger charge is 2.33. The molecule has 0 aliphatic carbocycles. The first-order chi connectivity index (χ1) is 12.4. The van der Waals surface area contributed by atoms with Gasteiger partial charge in [-0.25, -0.2) is 0 Å². The van der Waals surface area contributed by atoms with Gasteiger partial charge in [0.05, 0.1) is 11.6 Å². The van der Waals surface area contributed by atoms with Gasteiger partial charge in [-0.05, 0) is 30.2 Å². The second-order valence-corrected chi connectivity index (χ2v) is 6.37. The Balaban J connectivity index is 1.80. The molecule has 1 amide bonds. The molecule has 26 heavy (non-hydrogen) atoms. The number of amides is 1. The Hall–Kier alpha value is -2.50. The van der Waals surface area contributed by atoms with E-state index in [4.69, 9.17) is 4.74 Å². The molecule has 3 rings (SSSR count). The van der Waals surface area contributed by atoms with Crippen LogP contribution in [0.4, 0.5) is 13.2 Å². The standard InChI is InChI=1S/C20H20F3NO2/c1-2-6-17(13-7-5-8-14(11-13)20(21,22)23)24-19(25)16-12-26-18-10-4-3-9-15(16)18/h3-5,7-11,16-17H,2,6,12H2,1H3,(H,24,25). The molecule has 6 heteroatoms. The fourth-order valence-electron chi connectivity index (χ4n) is 3.19. The van der Waals surface area contributed by atoms with E-state index in [1.165, 1.54) is 6.07 Å². The summed E-state index contributed by atoms with van der Waals surface area (Å²) in [7, 11) is 0. The molecule has 0 fully saturated rings. The zero-order valence-electron chi connectivity index (χ0n) is 14.3. The van der Waals surface area contributed by atoms with Crippen molar-refractivity contribution in [2.75, 3.05) is 6.61 Å². The first kappa shape index (κ1) is 18.3. The summed E-state index contributed by atoms with van der Waals surface area (Å²) in [5, 5.41) is 2.91. The minimum atomic E-state index is -4.41. The van der Waals surface area contributed by atoms with Gasteiger partial charge in [0.25, 0.3) is 0 Å². The average molecular weight is 363 g/mol. The Kier molecular flexibility index (Phi) is 5.20.